The first kappa shape index (κ1) is 58.8. The fourth-order valence-corrected chi connectivity index (χ4v) is 9.68. The molecule has 0 spiro atoms. The normalized spacial score (nSPS) is 11.7. The summed E-state index contributed by atoms with van der Waals surface area (Å²) in [4.78, 5) is -0.0396. The summed E-state index contributed by atoms with van der Waals surface area (Å²) in [5.74, 6) is 0. The second-order valence-corrected chi connectivity index (χ2v) is 19.7. The SMILES string of the molecule is CCCCCCCCCCCCCCCCCCCCCCCCCCCCCCCCCCCCCCCCCCCCCCCc1ccccc1S(=O)(=O)[O-].[K+]. The molecule has 0 unspecified atom stereocenters. The summed E-state index contributed by atoms with van der Waals surface area (Å²) in [6.07, 6.45) is 64.8. The van der Waals surface area contributed by atoms with Crippen LogP contribution in [0.5, 0.6) is 0 Å². The average Bonchev–Trinajstić information content (AvgIpc) is 3.20. The fourth-order valence-electron chi connectivity index (χ4n) is 8.94. The van der Waals surface area contributed by atoms with Crippen LogP contribution < -0.4 is 51.4 Å². The first-order valence-corrected chi connectivity index (χ1v) is 27.5. The maximum absolute atomic E-state index is 11.4. The molecule has 0 bridgehead atoms. The zero-order valence-electron chi connectivity index (χ0n) is 39.5. The van der Waals surface area contributed by atoms with Crippen LogP contribution in [0.1, 0.15) is 301 Å². The minimum absolute atomic E-state index is 0. The van der Waals surface area contributed by atoms with Gasteiger partial charge in [-0.15, -0.1) is 0 Å². The molecule has 0 N–H and O–H groups in total. The van der Waals surface area contributed by atoms with Crippen LogP contribution in [0.4, 0.5) is 0 Å². The molecular weight excluding hydrogens is 756 g/mol. The van der Waals surface area contributed by atoms with Gasteiger partial charge in [-0.25, -0.2) is 8.42 Å². The van der Waals surface area contributed by atoms with Crippen LogP contribution >= 0.6 is 0 Å². The van der Waals surface area contributed by atoms with E-state index in [0.29, 0.717) is 12.0 Å². The third kappa shape index (κ3) is 42.1. The van der Waals surface area contributed by atoms with E-state index in [1.54, 1.807) is 12.1 Å². The molecule has 0 aliphatic carbocycles. The van der Waals surface area contributed by atoms with E-state index in [0.717, 1.165) is 12.8 Å². The summed E-state index contributed by atoms with van der Waals surface area (Å²) >= 11 is 0. The summed E-state index contributed by atoms with van der Waals surface area (Å²) in [7, 11) is -4.37. The van der Waals surface area contributed by atoms with Crippen LogP contribution in [0.2, 0.25) is 0 Å². The molecule has 5 heteroatoms. The van der Waals surface area contributed by atoms with Gasteiger partial charge in [0.25, 0.3) is 0 Å². The minimum atomic E-state index is -4.37. The quantitative estimate of drug-likeness (QED) is 0.0373. The smallest absolute Gasteiger partial charge is 0.744 e. The molecule has 58 heavy (non-hydrogen) atoms. The zero-order chi connectivity index (χ0) is 41.0. The zero-order valence-corrected chi connectivity index (χ0v) is 43.4. The summed E-state index contributed by atoms with van der Waals surface area (Å²) in [5.41, 5.74) is 0.676. The molecule has 1 rings (SSSR count). The van der Waals surface area contributed by atoms with E-state index in [9.17, 15) is 13.0 Å². The maximum atomic E-state index is 11.4. The van der Waals surface area contributed by atoms with Crippen molar-refractivity contribution in [3.8, 4) is 0 Å². The van der Waals surface area contributed by atoms with Gasteiger partial charge < -0.3 is 4.55 Å². The minimum Gasteiger partial charge on any atom is -0.744 e. The first-order valence-electron chi connectivity index (χ1n) is 26.1. The Balaban J connectivity index is 0.0000325. The largest absolute Gasteiger partial charge is 1.00 e. The summed E-state index contributed by atoms with van der Waals surface area (Å²) in [6, 6.07) is 6.65. The van der Waals surface area contributed by atoms with Crippen molar-refractivity contribution in [2.45, 2.75) is 307 Å². The number of benzene rings is 1. The van der Waals surface area contributed by atoms with Crippen LogP contribution in [-0.2, 0) is 16.5 Å². The van der Waals surface area contributed by atoms with Crippen molar-refractivity contribution in [3.63, 3.8) is 0 Å². The van der Waals surface area contributed by atoms with Gasteiger partial charge in [0.1, 0.15) is 10.1 Å². The van der Waals surface area contributed by atoms with Gasteiger partial charge >= 0.3 is 51.4 Å². The van der Waals surface area contributed by atoms with Crippen molar-refractivity contribution in [1.29, 1.82) is 0 Å². The summed E-state index contributed by atoms with van der Waals surface area (Å²) < 4.78 is 34.2. The number of aryl methyl sites for hydroxylation is 1. The van der Waals surface area contributed by atoms with Gasteiger partial charge in [-0.05, 0) is 24.5 Å². The predicted octanol–water partition coefficient (Wildman–Crippen LogP) is 15.7. The van der Waals surface area contributed by atoms with E-state index in [4.69, 9.17) is 0 Å². The van der Waals surface area contributed by atoms with E-state index >= 15 is 0 Å². The fraction of sp³-hybridized carbons (Fsp3) is 0.887. The van der Waals surface area contributed by atoms with Crippen molar-refractivity contribution < 1.29 is 64.4 Å². The van der Waals surface area contributed by atoms with Gasteiger partial charge in [0.15, 0.2) is 0 Å². The molecule has 0 radical (unpaired) electrons. The first-order chi connectivity index (χ1) is 28.1. The number of hydrogen-bond donors (Lipinski definition) is 0. The van der Waals surface area contributed by atoms with Crippen LogP contribution in [0, 0.1) is 0 Å². The molecule has 0 amide bonds. The Morgan fingerprint density at radius 2 is 0.517 bits per heavy atom. The molecule has 0 atom stereocenters. The Bertz CT molecular complexity index is 1040. The van der Waals surface area contributed by atoms with Gasteiger partial charge in [0.2, 0.25) is 0 Å². The van der Waals surface area contributed by atoms with Crippen LogP contribution in [-0.4, -0.2) is 13.0 Å². The summed E-state index contributed by atoms with van der Waals surface area (Å²) in [5, 5.41) is 0. The van der Waals surface area contributed by atoms with Crippen LogP contribution in [0.3, 0.4) is 0 Å². The van der Waals surface area contributed by atoms with Crippen molar-refractivity contribution in [2.75, 3.05) is 0 Å². The maximum Gasteiger partial charge on any atom is 1.00 e. The second-order valence-electron chi connectivity index (χ2n) is 18.4. The van der Waals surface area contributed by atoms with Crippen molar-refractivity contribution in [3.05, 3.63) is 29.8 Å². The van der Waals surface area contributed by atoms with Gasteiger partial charge in [-0.2, -0.15) is 0 Å². The second kappa shape index (κ2) is 47.3. The van der Waals surface area contributed by atoms with Crippen molar-refractivity contribution in [2.24, 2.45) is 0 Å². The topological polar surface area (TPSA) is 57.2 Å². The van der Waals surface area contributed by atoms with Gasteiger partial charge in [0.05, 0.1) is 4.90 Å². The number of rotatable bonds is 47. The molecule has 0 saturated heterocycles. The Labute approximate surface area is 407 Å². The van der Waals surface area contributed by atoms with E-state index in [-0.39, 0.29) is 56.3 Å². The summed E-state index contributed by atoms with van der Waals surface area (Å²) in [6.45, 7) is 2.31. The Kier molecular flexibility index (Phi) is 47.9. The van der Waals surface area contributed by atoms with E-state index in [2.05, 4.69) is 6.92 Å². The van der Waals surface area contributed by atoms with Gasteiger partial charge in [0, 0.05) is 0 Å². The van der Waals surface area contributed by atoms with E-state index < -0.39 is 10.1 Å². The van der Waals surface area contributed by atoms with Gasteiger partial charge in [-0.1, -0.05) is 308 Å². The molecule has 1 aromatic rings. The standard InChI is InChI=1S/C53H100O3S.K/c1-2-3-4-5-6-7-8-9-10-11-12-13-14-15-16-17-18-19-20-21-22-23-24-25-26-27-28-29-30-31-32-33-34-35-36-37-38-39-40-41-42-43-44-45-46-49-52-50-47-48-51-53(52)57(54,55)56;/h47-48,50-51H,2-46,49H2,1H3,(H,54,55,56);/q;+1/p-1. The molecule has 0 aliphatic rings. The molecule has 0 aliphatic heterocycles. The Hall–Kier alpha value is 0.766. The molecule has 0 fully saturated rings. The molecule has 0 aromatic heterocycles. The molecule has 3 nitrogen and oxygen atoms in total. The number of unbranched alkanes of at least 4 members (excludes halogenated alkanes) is 44. The molecule has 0 saturated carbocycles. The van der Waals surface area contributed by atoms with Crippen LogP contribution in [0.25, 0.3) is 0 Å². The molecular formula is C53H99KO3S. The van der Waals surface area contributed by atoms with E-state index in [1.165, 1.54) is 282 Å². The third-order valence-electron chi connectivity index (χ3n) is 12.8. The average molecular weight is 856 g/mol. The molecule has 1 aromatic carbocycles. The van der Waals surface area contributed by atoms with Crippen molar-refractivity contribution >= 4 is 10.1 Å². The van der Waals surface area contributed by atoms with E-state index in [1.807, 2.05) is 6.07 Å². The Morgan fingerprint density at radius 1 is 0.328 bits per heavy atom. The monoisotopic (exact) mass is 855 g/mol. The van der Waals surface area contributed by atoms with Gasteiger partial charge in [-0.3, -0.25) is 0 Å². The molecule has 0 heterocycles. The predicted molar refractivity (Wildman–Crippen MR) is 252 cm³/mol. The third-order valence-corrected chi connectivity index (χ3v) is 13.7. The van der Waals surface area contributed by atoms with Crippen LogP contribution in [0.15, 0.2) is 29.2 Å². The Morgan fingerprint density at radius 3 is 0.724 bits per heavy atom. The number of hydrogen-bond acceptors (Lipinski definition) is 3. The molecule has 336 valence electrons. The van der Waals surface area contributed by atoms with Crippen molar-refractivity contribution in [1.82, 2.24) is 0 Å².